The number of ether oxygens (including phenoxy) is 1. The Balaban J connectivity index is 1.99. The van der Waals surface area contributed by atoms with Crippen molar-refractivity contribution in [2.24, 2.45) is 5.92 Å². The second-order valence-corrected chi connectivity index (χ2v) is 6.09. The number of nitrogens with one attached hydrogen (secondary N) is 1. The van der Waals surface area contributed by atoms with Crippen molar-refractivity contribution in [1.82, 2.24) is 5.32 Å². The van der Waals surface area contributed by atoms with E-state index in [-0.39, 0.29) is 5.69 Å². The first-order valence-corrected chi connectivity index (χ1v) is 7.65. The summed E-state index contributed by atoms with van der Waals surface area (Å²) in [7, 11) is 0. The van der Waals surface area contributed by atoms with Gasteiger partial charge >= 0.3 is 5.69 Å². The third-order valence-electron chi connectivity index (χ3n) is 3.59. The Morgan fingerprint density at radius 1 is 1.55 bits per heavy atom. The molecule has 0 saturated carbocycles. The molecule has 1 heterocycles. The normalized spacial score (nSPS) is 18.8. The van der Waals surface area contributed by atoms with Crippen LogP contribution in [0.3, 0.4) is 0 Å². The smallest absolute Gasteiger partial charge is 0.312 e. The summed E-state index contributed by atoms with van der Waals surface area (Å²) in [6, 6.07) is 3.33. The lowest BCUT2D eigenvalue weighted by molar-refractivity contribution is -0.386. The Morgan fingerprint density at radius 3 is 3.00 bits per heavy atom. The van der Waals surface area contributed by atoms with Gasteiger partial charge in [-0.1, -0.05) is 15.9 Å². The number of hydrogen-bond acceptors (Lipinski definition) is 4. The third kappa shape index (κ3) is 3.93. The maximum atomic E-state index is 11.1. The van der Waals surface area contributed by atoms with E-state index in [1.165, 1.54) is 18.9 Å². The number of halogens is 1. The Bertz CT molecular complexity index is 488. The van der Waals surface area contributed by atoms with Crippen molar-refractivity contribution in [2.75, 3.05) is 19.7 Å². The van der Waals surface area contributed by atoms with Crippen molar-refractivity contribution in [2.45, 2.75) is 26.2 Å². The SMILES string of the molecule is Cc1cc(Br)cc([N+](=O)[O-])c1OCCC1CCCNC1. The zero-order valence-electron chi connectivity index (χ0n) is 11.5. The minimum absolute atomic E-state index is 0.0265. The monoisotopic (exact) mass is 342 g/mol. The van der Waals surface area contributed by atoms with Crippen LogP contribution in [0, 0.1) is 23.0 Å². The van der Waals surface area contributed by atoms with E-state index in [1.54, 1.807) is 0 Å². The van der Waals surface area contributed by atoms with Gasteiger partial charge in [0.05, 0.1) is 11.5 Å². The Hall–Kier alpha value is -1.14. The molecule has 1 atom stereocenters. The molecule has 2 rings (SSSR count). The zero-order chi connectivity index (χ0) is 14.5. The molecule has 0 aliphatic carbocycles. The van der Waals surface area contributed by atoms with Gasteiger partial charge in [0.25, 0.3) is 0 Å². The van der Waals surface area contributed by atoms with Gasteiger partial charge in [0, 0.05) is 10.5 Å². The molecule has 1 aliphatic rings. The number of hydrogen-bond donors (Lipinski definition) is 1. The van der Waals surface area contributed by atoms with E-state index in [1.807, 2.05) is 13.0 Å². The Kier molecular flexibility index (Phi) is 5.37. The number of nitro groups is 1. The van der Waals surface area contributed by atoms with Crippen molar-refractivity contribution in [3.63, 3.8) is 0 Å². The maximum absolute atomic E-state index is 11.1. The number of aryl methyl sites for hydroxylation is 1. The Labute approximate surface area is 127 Å². The summed E-state index contributed by atoms with van der Waals surface area (Å²) in [6.45, 7) is 4.46. The van der Waals surface area contributed by atoms with E-state index in [2.05, 4.69) is 21.2 Å². The third-order valence-corrected chi connectivity index (χ3v) is 4.05. The van der Waals surface area contributed by atoms with Gasteiger partial charge in [-0.25, -0.2) is 0 Å². The van der Waals surface area contributed by atoms with E-state index < -0.39 is 4.92 Å². The molecule has 0 radical (unpaired) electrons. The molecule has 1 aromatic carbocycles. The van der Waals surface area contributed by atoms with Gasteiger partial charge in [0.2, 0.25) is 0 Å². The highest BCUT2D eigenvalue weighted by Gasteiger charge is 2.20. The van der Waals surface area contributed by atoms with E-state index in [0.29, 0.717) is 22.7 Å². The van der Waals surface area contributed by atoms with Gasteiger partial charge in [-0.3, -0.25) is 10.1 Å². The molecule has 1 aromatic rings. The summed E-state index contributed by atoms with van der Waals surface area (Å²) in [5.41, 5.74) is 0.812. The zero-order valence-corrected chi connectivity index (χ0v) is 13.1. The standard InChI is InChI=1S/C14H19BrN2O3/c1-10-7-12(15)8-13(17(18)19)14(10)20-6-4-11-3-2-5-16-9-11/h7-8,11,16H,2-6,9H2,1H3. The summed E-state index contributed by atoms with van der Waals surface area (Å²) in [5, 5.41) is 14.4. The fraction of sp³-hybridized carbons (Fsp3) is 0.571. The molecule has 0 spiro atoms. The van der Waals surface area contributed by atoms with Crippen LogP contribution in [0.5, 0.6) is 5.75 Å². The molecule has 0 aromatic heterocycles. The van der Waals surface area contributed by atoms with Gasteiger partial charge in [-0.15, -0.1) is 0 Å². The summed E-state index contributed by atoms with van der Waals surface area (Å²) in [6.07, 6.45) is 3.33. The quantitative estimate of drug-likeness (QED) is 0.657. The Morgan fingerprint density at radius 2 is 2.35 bits per heavy atom. The first-order valence-electron chi connectivity index (χ1n) is 6.86. The molecule has 110 valence electrons. The predicted molar refractivity (Wildman–Crippen MR) is 81.2 cm³/mol. The topological polar surface area (TPSA) is 64.4 Å². The van der Waals surface area contributed by atoms with Crippen molar-refractivity contribution in [3.8, 4) is 5.75 Å². The van der Waals surface area contributed by atoms with E-state index in [4.69, 9.17) is 4.74 Å². The number of nitro benzene ring substituents is 1. The van der Waals surface area contributed by atoms with Gasteiger partial charge in [0.1, 0.15) is 0 Å². The van der Waals surface area contributed by atoms with Crippen molar-refractivity contribution < 1.29 is 9.66 Å². The maximum Gasteiger partial charge on any atom is 0.312 e. The first-order chi connectivity index (χ1) is 9.58. The van der Waals surface area contributed by atoms with E-state index >= 15 is 0 Å². The van der Waals surface area contributed by atoms with Crippen LogP contribution in [-0.2, 0) is 0 Å². The van der Waals surface area contributed by atoms with Gasteiger partial charge in [-0.05, 0) is 56.8 Å². The van der Waals surface area contributed by atoms with E-state index in [9.17, 15) is 10.1 Å². The first kappa shape index (κ1) is 15.3. The molecule has 1 aliphatic heterocycles. The average Bonchev–Trinajstić information content (AvgIpc) is 2.41. The minimum atomic E-state index is -0.394. The van der Waals surface area contributed by atoms with Crippen LogP contribution in [0.25, 0.3) is 0 Å². The number of piperidine rings is 1. The molecular formula is C14H19BrN2O3. The van der Waals surface area contributed by atoms with Gasteiger partial charge < -0.3 is 10.1 Å². The molecule has 0 amide bonds. The van der Waals surface area contributed by atoms with Crippen molar-refractivity contribution in [1.29, 1.82) is 0 Å². The van der Waals surface area contributed by atoms with Crippen LogP contribution >= 0.6 is 15.9 Å². The van der Waals surface area contributed by atoms with Crippen LogP contribution in [0.1, 0.15) is 24.8 Å². The lowest BCUT2D eigenvalue weighted by Crippen LogP contribution is -2.30. The van der Waals surface area contributed by atoms with Crippen LogP contribution in [0.15, 0.2) is 16.6 Å². The minimum Gasteiger partial charge on any atom is -0.487 e. The summed E-state index contributed by atoms with van der Waals surface area (Å²) < 4.78 is 6.40. The molecule has 1 fully saturated rings. The number of nitrogens with zero attached hydrogens (tertiary/aromatic N) is 1. The number of benzene rings is 1. The van der Waals surface area contributed by atoms with Crippen LogP contribution in [0.4, 0.5) is 5.69 Å². The predicted octanol–water partition coefficient (Wildman–Crippen LogP) is 3.43. The second-order valence-electron chi connectivity index (χ2n) is 5.18. The van der Waals surface area contributed by atoms with Crippen LogP contribution < -0.4 is 10.1 Å². The van der Waals surface area contributed by atoms with Gasteiger partial charge in [0.15, 0.2) is 5.75 Å². The van der Waals surface area contributed by atoms with Crippen LogP contribution in [0.2, 0.25) is 0 Å². The fourth-order valence-corrected chi connectivity index (χ4v) is 3.09. The molecule has 5 nitrogen and oxygen atoms in total. The molecule has 1 unspecified atom stereocenters. The molecule has 1 N–H and O–H groups in total. The summed E-state index contributed by atoms with van der Waals surface area (Å²) in [4.78, 5) is 10.7. The molecule has 20 heavy (non-hydrogen) atoms. The molecule has 6 heteroatoms. The highest BCUT2D eigenvalue weighted by molar-refractivity contribution is 9.10. The largest absolute Gasteiger partial charge is 0.487 e. The van der Waals surface area contributed by atoms with E-state index in [0.717, 1.165) is 25.1 Å². The number of rotatable bonds is 5. The highest BCUT2D eigenvalue weighted by Crippen LogP contribution is 2.34. The second kappa shape index (κ2) is 7.04. The lowest BCUT2D eigenvalue weighted by atomic mass is 9.97. The molecule has 1 saturated heterocycles. The van der Waals surface area contributed by atoms with Crippen molar-refractivity contribution >= 4 is 21.6 Å². The lowest BCUT2D eigenvalue weighted by Gasteiger charge is -2.22. The summed E-state index contributed by atoms with van der Waals surface area (Å²) >= 11 is 3.28. The van der Waals surface area contributed by atoms with Gasteiger partial charge in [-0.2, -0.15) is 0 Å². The van der Waals surface area contributed by atoms with Crippen LogP contribution in [-0.4, -0.2) is 24.6 Å². The average molecular weight is 343 g/mol. The highest BCUT2D eigenvalue weighted by atomic mass is 79.9. The summed E-state index contributed by atoms with van der Waals surface area (Å²) in [5.74, 6) is 1.00. The molecule has 0 bridgehead atoms. The van der Waals surface area contributed by atoms with Crippen molar-refractivity contribution in [3.05, 3.63) is 32.3 Å². The fourth-order valence-electron chi connectivity index (χ4n) is 2.53. The molecular weight excluding hydrogens is 324 g/mol.